The molecule has 4 aromatic rings. The van der Waals surface area contributed by atoms with Crippen LogP contribution in [0.15, 0.2) is 77.5 Å². The van der Waals surface area contributed by atoms with Crippen molar-refractivity contribution in [3.05, 3.63) is 95.2 Å². The number of pyridine rings is 1. The number of amides is 4. The van der Waals surface area contributed by atoms with E-state index in [9.17, 15) is 29.5 Å². The smallest absolute Gasteiger partial charge is 0.259 e. The van der Waals surface area contributed by atoms with Gasteiger partial charge in [0.2, 0.25) is 17.7 Å². The number of unbranched alkanes of at least 4 members (excludes halogenated alkanes) is 1. The lowest BCUT2D eigenvalue weighted by molar-refractivity contribution is -0.144. The lowest BCUT2D eigenvalue weighted by Gasteiger charge is -2.35. The highest BCUT2D eigenvalue weighted by atomic mass is 35.5. The predicted octanol–water partition coefficient (Wildman–Crippen LogP) is 6.31. The molecule has 2 aromatic carbocycles. The standard InChI is InChI=1S/C48H55ClFN7O9S/c1-47(2,3)42(44(61)55-28-34(58)24-38(55)43(60)53-26-30-11-13-31(14-12-30)39-10-8-21-65-39)54-41(59)29-64-19-9-18-63-17-6-7-20-66-40-16-15-32(23-36(40)50)57-46(67)56(45(62)48(57,4)5)33-22-35(49)37(25-51)52-27-33/h8,10-16,21-23,27,34,38,42,58H,6-7,9,17-20,24,26,28-29H2,1-5H3,(H,53,60)(H,54,59)/t34-,38+,42-/m1/s1. The number of aromatic nitrogens is 1. The number of anilines is 2. The number of nitriles is 1. The molecule has 2 aliphatic heterocycles. The average Bonchev–Trinajstić information content (AvgIpc) is 4.01. The predicted molar refractivity (Wildman–Crippen MR) is 251 cm³/mol. The van der Waals surface area contributed by atoms with Crippen LogP contribution in [0.5, 0.6) is 5.75 Å². The number of hydrogen-bond acceptors (Lipinski definition) is 12. The Morgan fingerprint density at radius 3 is 2.43 bits per heavy atom. The zero-order chi connectivity index (χ0) is 48.5. The van der Waals surface area contributed by atoms with Crippen molar-refractivity contribution in [3.63, 3.8) is 0 Å². The Labute approximate surface area is 399 Å². The number of thiocarbonyl (C=S) groups is 1. The molecule has 0 radical (unpaired) electrons. The molecular weight excluding hydrogens is 905 g/mol. The summed E-state index contributed by atoms with van der Waals surface area (Å²) in [6, 6.07) is 17.0. The van der Waals surface area contributed by atoms with E-state index in [4.69, 9.17) is 42.4 Å². The number of ether oxygens (including phenoxy) is 3. The van der Waals surface area contributed by atoms with Crippen molar-refractivity contribution < 1.29 is 47.3 Å². The van der Waals surface area contributed by atoms with Gasteiger partial charge in [-0.15, -0.1) is 0 Å². The zero-order valence-corrected chi connectivity index (χ0v) is 39.6. The van der Waals surface area contributed by atoms with Crippen LogP contribution in [0.3, 0.4) is 0 Å². The summed E-state index contributed by atoms with van der Waals surface area (Å²) in [6.07, 6.45) is 3.86. The van der Waals surface area contributed by atoms with Gasteiger partial charge in [-0.05, 0) is 86.6 Å². The van der Waals surface area contributed by atoms with Crippen molar-refractivity contribution in [2.24, 2.45) is 5.41 Å². The number of nitrogens with zero attached hydrogens (tertiary/aromatic N) is 5. The summed E-state index contributed by atoms with van der Waals surface area (Å²) in [5.41, 5.74) is 0.512. The Bertz CT molecular complexity index is 2460. The third-order valence-corrected chi connectivity index (χ3v) is 11.9. The molecule has 0 aliphatic carbocycles. The first kappa shape index (κ1) is 50.4. The van der Waals surface area contributed by atoms with Gasteiger partial charge in [0.15, 0.2) is 22.4 Å². The highest BCUT2D eigenvalue weighted by Crippen LogP contribution is 2.38. The molecule has 0 unspecified atom stereocenters. The van der Waals surface area contributed by atoms with E-state index in [1.54, 1.807) is 31.1 Å². The van der Waals surface area contributed by atoms with E-state index in [0.29, 0.717) is 38.2 Å². The first-order valence-corrected chi connectivity index (χ1v) is 22.7. The summed E-state index contributed by atoms with van der Waals surface area (Å²) in [4.78, 5) is 61.9. The molecule has 3 N–H and O–H groups in total. The molecule has 67 heavy (non-hydrogen) atoms. The molecule has 19 heteroatoms. The Kier molecular flexibility index (Phi) is 16.7. The molecule has 2 aliphatic rings. The molecule has 3 atom stereocenters. The van der Waals surface area contributed by atoms with Gasteiger partial charge in [-0.25, -0.2) is 9.37 Å². The van der Waals surface area contributed by atoms with Crippen LogP contribution in [-0.2, 0) is 35.2 Å². The minimum Gasteiger partial charge on any atom is -0.491 e. The highest BCUT2D eigenvalue weighted by Gasteiger charge is 2.51. The van der Waals surface area contributed by atoms with E-state index in [1.807, 2.05) is 63.2 Å². The molecule has 2 saturated heterocycles. The van der Waals surface area contributed by atoms with Gasteiger partial charge in [-0.3, -0.25) is 24.1 Å². The monoisotopic (exact) mass is 959 g/mol. The van der Waals surface area contributed by atoms with Crippen LogP contribution in [0, 0.1) is 22.6 Å². The number of benzene rings is 2. The topological polar surface area (TPSA) is 200 Å². The molecule has 356 valence electrons. The van der Waals surface area contributed by atoms with Gasteiger partial charge in [0.05, 0.1) is 35.9 Å². The molecule has 4 heterocycles. The van der Waals surface area contributed by atoms with E-state index < -0.39 is 52.7 Å². The quantitative estimate of drug-likeness (QED) is 0.0658. The van der Waals surface area contributed by atoms with Gasteiger partial charge in [0, 0.05) is 56.6 Å². The van der Waals surface area contributed by atoms with Crippen LogP contribution in [-0.4, -0.2) is 107 Å². The lowest BCUT2D eigenvalue weighted by atomic mass is 9.85. The Morgan fingerprint density at radius 1 is 1.04 bits per heavy atom. The number of likely N-dealkylation sites (tertiary alicyclic amines) is 1. The fourth-order valence-electron chi connectivity index (χ4n) is 7.71. The van der Waals surface area contributed by atoms with Gasteiger partial charge in [0.25, 0.3) is 5.91 Å². The van der Waals surface area contributed by atoms with E-state index in [1.165, 1.54) is 34.2 Å². The molecule has 2 fully saturated rings. The van der Waals surface area contributed by atoms with Crippen molar-refractivity contribution >= 4 is 63.9 Å². The van der Waals surface area contributed by atoms with Gasteiger partial charge < -0.3 is 44.2 Å². The molecular formula is C48H55ClFN7O9S. The maximum Gasteiger partial charge on any atom is 0.259 e. The number of carbonyl (C=O) groups excluding carboxylic acids is 4. The van der Waals surface area contributed by atoms with Crippen LogP contribution in [0.25, 0.3) is 11.3 Å². The van der Waals surface area contributed by atoms with Crippen molar-refractivity contribution in [2.75, 3.05) is 49.4 Å². The van der Waals surface area contributed by atoms with Gasteiger partial charge >= 0.3 is 0 Å². The number of rotatable bonds is 20. The molecule has 0 spiro atoms. The fraction of sp³-hybridized carbons (Fsp3) is 0.438. The van der Waals surface area contributed by atoms with Gasteiger partial charge in [-0.1, -0.05) is 56.6 Å². The number of furan rings is 1. The summed E-state index contributed by atoms with van der Waals surface area (Å²) < 4.78 is 37.7. The fourth-order valence-corrected chi connectivity index (χ4v) is 8.44. The normalized spacial score (nSPS) is 17.4. The summed E-state index contributed by atoms with van der Waals surface area (Å²) in [7, 11) is 0. The molecule has 16 nitrogen and oxygen atoms in total. The Balaban J connectivity index is 0.866. The summed E-state index contributed by atoms with van der Waals surface area (Å²) in [5.74, 6) is -1.59. The zero-order valence-electron chi connectivity index (χ0n) is 38.1. The molecule has 2 aromatic heterocycles. The molecule has 0 bridgehead atoms. The van der Waals surface area contributed by atoms with Crippen LogP contribution in [0.4, 0.5) is 15.8 Å². The SMILES string of the molecule is CC(C)(C)[C@H](NC(=O)COCCCOCCCCOc1ccc(N2C(=S)N(c3cnc(C#N)c(Cl)c3)C(=O)C2(C)C)cc1F)C(=O)N1C[C@H](O)C[C@H]1C(=O)NCc1ccc(-c2ccco2)cc1. The van der Waals surface area contributed by atoms with E-state index in [0.717, 1.165) is 16.9 Å². The second-order valence-electron chi connectivity index (χ2n) is 17.8. The largest absolute Gasteiger partial charge is 0.491 e. The second-order valence-corrected chi connectivity index (χ2v) is 18.6. The Morgan fingerprint density at radius 2 is 1.76 bits per heavy atom. The van der Waals surface area contributed by atoms with E-state index in [2.05, 4.69) is 15.6 Å². The van der Waals surface area contributed by atoms with Gasteiger partial charge in [-0.2, -0.15) is 5.26 Å². The first-order valence-electron chi connectivity index (χ1n) is 21.9. The van der Waals surface area contributed by atoms with Crippen molar-refractivity contribution in [2.45, 2.75) is 90.6 Å². The highest BCUT2D eigenvalue weighted by molar-refractivity contribution is 7.81. The number of aliphatic hydroxyl groups excluding tert-OH is 1. The van der Waals surface area contributed by atoms with Crippen molar-refractivity contribution in [3.8, 4) is 23.1 Å². The lowest BCUT2D eigenvalue weighted by Crippen LogP contribution is -2.58. The minimum absolute atomic E-state index is 0.0118. The first-order chi connectivity index (χ1) is 31.9. The minimum atomic E-state index is -1.17. The maximum atomic E-state index is 15.3. The second kappa shape index (κ2) is 22.2. The van der Waals surface area contributed by atoms with Crippen LogP contribution in [0.1, 0.15) is 71.6 Å². The number of β-amino-alcohol motifs (C(OH)–C–C–N with tert-alkyl or cyclic N) is 1. The summed E-state index contributed by atoms with van der Waals surface area (Å²) in [5, 5.41) is 25.5. The third-order valence-electron chi connectivity index (χ3n) is 11.3. The number of carbonyl (C=O) groups is 4. The number of aliphatic hydroxyl groups is 1. The Hall–Kier alpha value is -5.97. The number of hydrogen-bond donors (Lipinski definition) is 3. The molecule has 0 saturated carbocycles. The van der Waals surface area contributed by atoms with Crippen molar-refractivity contribution in [1.29, 1.82) is 5.26 Å². The van der Waals surface area contributed by atoms with Crippen LogP contribution >= 0.6 is 23.8 Å². The van der Waals surface area contributed by atoms with Crippen LogP contribution in [0.2, 0.25) is 5.02 Å². The van der Waals surface area contributed by atoms with E-state index >= 15 is 4.39 Å². The van der Waals surface area contributed by atoms with E-state index in [-0.39, 0.29) is 72.5 Å². The van der Waals surface area contributed by atoms with Crippen LogP contribution < -0.4 is 25.2 Å². The average molecular weight is 961 g/mol. The summed E-state index contributed by atoms with van der Waals surface area (Å²) in [6.45, 7) is 9.94. The maximum absolute atomic E-state index is 15.3. The van der Waals surface area contributed by atoms with Gasteiger partial charge in [0.1, 0.15) is 36.1 Å². The molecule has 6 rings (SSSR count). The molecule has 4 amide bonds. The van der Waals surface area contributed by atoms with Crippen molar-refractivity contribution in [1.82, 2.24) is 20.5 Å². The number of halogens is 2. The summed E-state index contributed by atoms with van der Waals surface area (Å²) >= 11 is 11.8. The third kappa shape index (κ3) is 12.3. The number of nitrogens with one attached hydrogen (secondary N) is 2.